The van der Waals surface area contributed by atoms with Crippen molar-refractivity contribution in [2.45, 2.75) is 51.0 Å². The Balaban J connectivity index is 1.90. The van der Waals surface area contributed by atoms with Crippen molar-refractivity contribution in [1.29, 1.82) is 0 Å². The molecular weight excluding hydrogens is 236 g/mol. The summed E-state index contributed by atoms with van der Waals surface area (Å²) >= 11 is 0. The highest BCUT2D eigenvalue weighted by Crippen LogP contribution is 2.50. The number of pyridine rings is 1. The highest BCUT2D eigenvalue weighted by atomic mass is 16.3. The van der Waals surface area contributed by atoms with E-state index in [1.54, 1.807) is 0 Å². The van der Waals surface area contributed by atoms with Crippen LogP contribution in [0, 0.1) is 5.41 Å². The Kier molecular flexibility index (Phi) is 2.77. The molecule has 3 nitrogen and oxygen atoms in total. The topological polar surface area (TPSA) is 45.1 Å². The molecule has 104 valence electrons. The first-order valence-electron chi connectivity index (χ1n) is 7.24. The molecule has 2 fully saturated rings. The average molecular weight is 260 g/mol. The van der Waals surface area contributed by atoms with E-state index in [2.05, 4.69) is 32.2 Å². The van der Waals surface area contributed by atoms with E-state index in [9.17, 15) is 5.11 Å². The maximum absolute atomic E-state index is 11.0. The van der Waals surface area contributed by atoms with Crippen LogP contribution in [-0.2, 0) is 11.0 Å². The van der Waals surface area contributed by atoms with Gasteiger partial charge in [-0.2, -0.15) is 0 Å². The van der Waals surface area contributed by atoms with Crippen molar-refractivity contribution in [3.05, 3.63) is 29.6 Å². The molecule has 1 aromatic rings. The molecule has 1 saturated heterocycles. The molecule has 1 aliphatic heterocycles. The minimum atomic E-state index is -0.719. The van der Waals surface area contributed by atoms with E-state index < -0.39 is 5.60 Å². The molecular formula is C16H24N2O. The summed E-state index contributed by atoms with van der Waals surface area (Å²) in [6.07, 6.45) is 2.81. The molecule has 0 aromatic carbocycles. The van der Waals surface area contributed by atoms with Crippen LogP contribution in [0.5, 0.6) is 0 Å². The molecule has 1 spiro atoms. The van der Waals surface area contributed by atoms with Crippen molar-refractivity contribution >= 4 is 0 Å². The van der Waals surface area contributed by atoms with E-state index in [0.717, 1.165) is 43.7 Å². The van der Waals surface area contributed by atoms with Gasteiger partial charge in [0, 0.05) is 24.2 Å². The van der Waals surface area contributed by atoms with Gasteiger partial charge < -0.3 is 10.4 Å². The Morgan fingerprint density at radius 2 is 1.95 bits per heavy atom. The molecule has 1 aliphatic carbocycles. The second-order valence-electron chi connectivity index (χ2n) is 7.47. The second-order valence-corrected chi connectivity index (χ2v) is 7.47. The van der Waals surface area contributed by atoms with Gasteiger partial charge >= 0.3 is 0 Å². The van der Waals surface area contributed by atoms with Gasteiger partial charge in [0.25, 0.3) is 0 Å². The van der Waals surface area contributed by atoms with Crippen LogP contribution in [0.2, 0.25) is 0 Å². The molecule has 1 saturated carbocycles. The Labute approximate surface area is 115 Å². The monoisotopic (exact) mass is 260 g/mol. The molecule has 0 amide bonds. The number of nitrogens with one attached hydrogen (secondary N) is 1. The maximum Gasteiger partial charge on any atom is 0.107 e. The number of aliphatic hydroxyl groups is 1. The van der Waals surface area contributed by atoms with Gasteiger partial charge in [-0.25, -0.2) is 0 Å². The highest BCUT2D eigenvalue weighted by molar-refractivity contribution is 5.24. The van der Waals surface area contributed by atoms with Crippen LogP contribution in [0.15, 0.2) is 18.2 Å². The first-order valence-corrected chi connectivity index (χ1v) is 7.24. The zero-order valence-corrected chi connectivity index (χ0v) is 12.2. The van der Waals surface area contributed by atoms with Crippen molar-refractivity contribution in [2.24, 2.45) is 5.41 Å². The van der Waals surface area contributed by atoms with Gasteiger partial charge in [0.2, 0.25) is 0 Å². The smallest absolute Gasteiger partial charge is 0.107 e. The molecule has 3 heteroatoms. The fourth-order valence-corrected chi connectivity index (χ4v) is 3.38. The van der Waals surface area contributed by atoms with Gasteiger partial charge in [0.05, 0.1) is 5.69 Å². The quantitative estimate of drug-likeness (QED) is 0.814. The van der Waals surface area contributed by atoms with Crippen molar-refractivity contribution in [3.63, 3.8) is 0 Å². The highest BCUT2D eigenvalue weighted by Gasteiger charge is 2.51. The molecule has 2 N–H and O–H groups in total. The molecule has 1 aromatic heterocycles. The van der Waals surface area contributed by atoms with Crippen LogP contribution >= 0.6 is 0 Å². The van der Waals surface area contributed by atoms with E-state index in [1.165, 1.54) is 0 Å². The van der Waals surface area contributed by atoms with Gasteiger partial charge in [-0.05, 0) is 36.8 Å². The minimum Gasteiger partial charge on any atom is -0.384 e. The zero-order chi connectivity index (χ0) is 13.7. The van der Waals surface area contributed by atoms with Crippen LogP contribution in [0.1, 0.15) is 51.4 Å². The van der Waals surface area contributed by atoms with Crippen molar-refractivity contribution < 1.29 is 5.11 Å². The van der Waals surface area contributed by atoms with Gasteiger partial charge in [-0.15, -0.1) is 0 Å². The number of hydrogen-bond donors (Lipinski definition) is 2. The van der Waals surface area contributed by atoms with Gasteiger partial charge in [-0.1, -0.05) is 26.8 Å². The lowest BCUT2D eigenvalue weighted by atomic mass is 9.78. The van der Waals surface area contributed by atoms with E-state index in [1.807, 2.05) is 12.1 Å². The van der Waals surface area contributed by atoms with Crippen LogP contribution in [-0.4, -0.2) is 23.2 Å². The molecule has 3 rings (SSSR count). The molecule has 1 atom stereocenters. The first-order chi connectivity index (χ1) is 8.83. The third kappa shape index (κ3) is 2.19. The van der Waals surface area contributed by atoms with E-state index in [-0.39, 0.29) is 5.41 Å². The summed E-state index contributed by atoms with van der Waals surface area (Å²) in [6.45, 7) is 8.59. The Morgan fingerprint density at radius 3 is 2.47 bits per heavy atom. The van der Waals surface area contributed by atoms with Crippen LogP contribution in [0.25, 0.3) is 0 Å². The lowest BCUT2D eigenvalue weighted by Crippen LogP contribution is -2.52. The maximum atomic E-state index is 11.0. The minimum absolute atomic E-state index is 0.0285. The van der Waals surface area contributed by atoms with Crippen LogP contribution < -0.4 is 5.32 Å². The average Bonchev–Trinajstić information content (AvgIpc) is 2.68. The largest absolute Gasteiger partial charge is 0.384 e. The summed E-state index contributed by atoms with van der Waals surface area (Å²) in [7, 11) is 0. The summed E-state index contributed by atoms with van der Waals surface area (Å²) in [6, 6.07) is 6.08. The Morgan fingerprint density at radius 1 is 1.21 bits per heavy atom. The predicted octanol–water partition coefficient (Wildman–Crippen LogP) is 2.34. The fraction of sp³-hybridized carbons (Fsp3) is 0.688. The second kappa shape index (κ2) is 4.03. The van der Waals surface area contributed by atoms with Crippen LogP contribution in [0.4, 0.5) is 0 Å². The van der Waals surface area contributed by atoms with Crippen molar-refractivity contribution in [3.8, 4) is 0 Å². The van der Waals surface area contributed by atoms with Crippen LogP contribution in [0.3, 0.4) is 0 Å². The molecule has 19 heavy (non-hydrogen) atoms. The third-order valence-corrected chi connectivity index (χ3v) is 4.73. The van der Waals surface area contributed by atoms with E-state index in [4.69, 9.17) is 4.98 Å². The standard InChI is InChI=1S/C16H24N2O/c1-14(2,3)12-5-4-6-13(18-12)16(19)8-7-15(9-16)10-17-11-15/h4-6,17,19H,7-11H2,1-3H3/t16-/m1/s1. The first kappa shape index (κ1) is 13.1. The van der Waals surface area contributed by atoms with Gasteiger partial charge in [-0.3, -0.25) is 4.98 Å². The fourth-order valence-electron chi connectivity index (χ4n) is 3.38. The summed E-state index contributed by atoms with van der Waals surface area (Å²) in [5, 5.41) is 14.3. The summed E-state index contributed by atoms with van der Waals surface area (Å²) in [5.41, 5.74) is 1.56. The molecule has 0 radical (unpaired) electrons. The zero-order valence-electron chi connectivity index (χ0n) is 12.2. The Hall–Kier alpha value is -0.930. The molecule has 2 heterocycles. The normalized spacial score (nSPS) is 29.5. The number of aromatic nitrogens is 1. The summed E-state index contributed by atoms with van der Waals surface area (Å²) < 4.78 is 0. The lowest BCUT2D eigenvalue weighted by molar-refractivity contribution is 0.0165. The van der Waals surface area contributed by atoms with Crippen molar-refractivity contribution in [2.75, 3.05) is 13.1 Å². The number of hydrogen-bond acceptors (Lipinski definition) is 3. The van der Waals surface area contributed by atoms with E-state index in [0.29, 0.717) is 5.41 Å². The molecule has 2 aliphatic rings. The van der Waals surface area contributed by atoms with Gasteiger partial charge in [0.15, 0.2) is 0 Å². The lowest BCUT2D eigenvalue weighted by Gasteiger charge is -2.40. The Bertz CT molecular complexity index is 488. The molecule has 0 bridgehead atoms. The predicted molar refractivity (Wildman–Crippen MR) is 76.0 cm³/mol. The summed E-state index contributed by atoms with van der Waals surface area (Å²) in [5.74, 6) is 0. The third-order valence-electron chi connectivity index (χ3n) is 4.73. The number of rotatable bonds is 1. The number of nitrogens with zero attached hydrogens (tertiary/aromatic N) is 1. The van der Waals surface area contributed by atoms with Crippen molar-refractivity contribution in [1.82, 2.24) is 10.3 Å². The van der Waals surface area contributed by atoms with Gasteiger partial charge in [0.1, 0.15) is 5.60 Å². The molecule has 0 unspecified atom stereocenters. The summed E-state index contributed by atoms with van der Waals surface area (Å²) in [4.78, 5) is 4.75. The van der Waals surface area contributed by atoms with E-state index >= 15 is 0 Å². The SMILES string of the molecule is CC(C)(C)c1cccc([C@@]2(O)CCC3(CNC3)C2)n1.